The summed E-state index contributed by atoms with van der Waals surface area (Å²) in [5, 5.41) is 9.16. The van der Waals surface area contributed by atoms with Crippen LogP contribution in [0.4, 0.5) is 8.78 Å². The van der Waals surface area contributed by atoms with E-state index in [0.717, 1.165) is 6.26 Å². The van der Waals surface area contributed by atoms with E-state index in [-0.39, 0.29) is 36.2 Å². The highest BCUT2D eigenvalue weighted by molar-refractivity contribution is 7.92. The number of rotatable bonds is 7. The second-order valence-corrected chi connectivity index (χ2v) is 10.4. The molecule has 1 atom stereocenters. The number of aliphatic hydroxyl groups is 1. The van der Waals surface area contributed by atoms with Crippen molar-refractivity contribution in [2.45, 2.75) is 31.6 Å². The lowest BCUT2D eigenvalue weighted by Gasteiger charge is -2.27. The molecule has 3 rings (SSSR count). The van der Waals surface area contributed by atoms with Gasteiger partial charge in [-0.25, -0.2) is 17.2 Å². The van der Waals surface area contributed by atoms with Crippen molar-refractivity contribution in [2.24, 2.45) is 0 Å². The maximum absolute atomic E-state index is 15.2. The number of aliphatic hydroxyl groups excluding tert-OH is 1. The van der Waals surface area contributed by atoms with Gasteiger partial charge in [0.1, 0.15) is 23.0 Å². The summed E-state index contributed by atoms with van der Waals surface area (Å²) in [5.74, 6) is -2.46. The first-order chi connectivity index (χ1) is 14.4. The van der Waals surface area contributed by atoms with Gasteiger partial charge in [-0.15, -0.1) is 0 Å². The van der Waals surface area contributed by atoms with Gasteiger partial charge in [0.25, 0.3) is 5.91 Å². The molecule has 6 nitrogen and oxygen atoms in total. The van der Waals surface area contributed by atoms with Gasteiger partial charge in [-0.2, -0.15) is 0 Å². The van der Waals surface area contributed by atoms with E-state index in [2.05, 4.69) is 0 Å². The number of benzene rings is 2. The van der Waals surface area contributed by atoms with Crippen LogP contribution in [-0.4, -0.2) is 54.3 Å². The molecule has 1 aliphatic heterocycles. The quantitative estimate of drug-likeness (QED) is 0.699. The third-order valence-electron chi connectivity index (χ3n) is 6.00. The minimum atomic E-state index is -3.87. The number of hydrogen-bond acceptors (Lipinski definition) is 5. The van der Waals surface area contributed by atoms with E-state index in [1.54, 1.807) is 19.1 Å². The number of amides is 1. The molecule has 0 radical (unpaired) electrons. The molecule has 0 aliphatic carbocycles. The highest BCUT2D eigenvalue weighted by atomic mass is 32.2. The molecule has 0 saturated carbocycles. The molecule has 0 saturated heterocycles. The number of carbonyl (C=O) groups is 2. The standard InChI is InChI=1S/C22H23F2NO5S/c1-13-4-5-14(10-18(13)23)15-6-7-16-17(20(15)24)11-25(21(16)28)9-8-22(2,19(27)12-26)31(3,29)30/h4-7,10,26H,8-9,11-12H2,1-3H3/t22-/m1/s1. The summed E-state index contributed by atoms with van der Waals surface area (Å²) in [6.45, 7) is 1.65. The van der Waals surface area contributed by atoms with Crippen molar-refractivity contribution in [1.29, 1.82) is 0 Å². The van der Waals surface area contributed by atoms with Gasteiger partial charge in [-0.1, -0.05) is 18.2 Å². The number of nitrogens with zero attached hydrogens (tertiary/aromatic N) is 1. The Kier molecular flexibility index (Phi) is 6.03. The number of halogens is 2. The molecule has 1 heterocycles. The molecule has 0 aromatic heterocycles. The van der Waals surface area contributed by atoms with Crippen LogP contribution in [0.15, 0.2) is 30.3 Å². The van der Waals surface area contributed by atoms with Crippen molar-refractivity contribution < 1.29 is 31.9 Å². The number of sulfone groups is 1. The Morgan fingerprint density at radius 1 is 1.19 bits per heavy atom. The maximum Gasteiger partial charge on any atom is 0.254 e. The van der Waals surface area contributed by atoms with E-state index in [1.165, 1.54) is 30.0 Å². The van der Waals surface area contributed by atoms with Gasteiger partial charge in [0.2, 0.25) is 0 Å². The number of ketones is 1. The average Bonchev–Trinajstić information content (AvgIpc) is 3.04. The Hall–Kier alpha value is -2.65. The van der Waals surface area contributed by atoms with Crippen LogP contribution in [0.5, 0.6) is 0 Å². The summed E-state index contributed by atoms with van der Waals surface area (Å²) < 4.78 is 51.5. The topological polar surface area (TPSA) is 91.8 Å². The zero-order valence-corrected chi connectivity index (χ0v) is 18.2. The molecule has 31 heavy (non-hydrogen) atoms. The summed E-state index contributed by atoms with van der Waals surface area (Å²) >= 11 is 0. The van der Waals surface area contributed by atoms with E-state index in [0.29, 0.717) is 11.1 Å². The van der Waals surface area contributed by atoms with Crippen LogP contribution in [-0.2, 0) is 21.2 Å². The summed E-state index contributed by atoms with van der Waals surface area (Å²) in [6.07, 6.45) is 0.663. The molecule has 0 unspecified atom stereocenters. The Morgan fingerprint density at radius 2 is 1.84 bits per heavy atom. The molecule has 2 aromatic carbocycles. The van der Waals surface area contributed by atoms with Crippen LogP contribution in [0.1, 0.15) is 34.8 Å². The van der Waals surface area contributed by atoms with Crippen molar-refractivity contribution in [3.8, 4) is 11.1 Å². The van der Waals surface area contributed by atoms with Crippen molar-refractivity contribution in [1.82, 2.24) is 4.90 Å². The normalized spacial score (nSPS) is 15.7. The Balaban J connectivity index is 1.88. The predicted octanol–water partition coefficient (Wildman–Crippen LogP) is 2.65. The smallest absolute Gasteiger partial charge is 0.254 e. The zero-order valence-electron chi connectivity index (χ0n) is 17.4. The highest BCUT2D eigenvalue weighted by Crippen LogP contribution is 2.34. The average molecular weight is 451 g/mol. The number of carbonyl (C=O) groups excluding carboxylic acids is 2. The molecular weight excluding hydrogens is 428 g/mol. The van der Waals surface area contributed by atoms with Gasteiger partial charge in [0.15, 0.2) is 15.6 Å². The van der Waals surface area contributed by atoms with Crippen LogP contribution in [0.3, 0.4) is 0 Å². The number of hydrogen-bond donors (Lipinski definition) is 1. The van der Waals surface area contributed by atoms with Crippen molar-refractivity contribution in [3.63, 3.8) is 0 Å². The van der Waals surface area contributed by atoms with E-state index in [9.17, 15) is 22.4 Å². The maximum atomic E-state index is 15.2. The predicted molar refractivity (Wildman–Crippen MR) is 111 cm³/mol. The minimum absolute atomic E-state index is 0.102. The van der Waals surface area contributed by atoms with E-state index in [1.807, 2.05) is 0 Å². The van der Waals surface area contributed by atoms with E-state index < -0.39 is 44.5 Å². The number of aryl methyl sites for hydroxylation is 1. The van der Waals surface area contributed by atoms with Gasteiger partial charge in [0, 0.05) is 36.0 Å². The van der Waals surface area contributed by atoms with Gasteiger partial charge in [0.05, 0.1) is 0 Å². The van der Waals surface area contributed by atoms with Crippen LogP contribution in [0.2, 0.25) is 0 Å². The lowest BCUT2D eigenvalue weighted by molar-refractivity contribution is -0.124. The van der Waals surface area contributed by atoms with Gasteiger partial charge in [-0.3, -0.25) is 9.59 Å². The SMILES string of the molecule is Cc1ccc(-c2ccc3c(c2F)CN(CC[C@](C)(C(=O)CO)S(C)(=O)=O)C3=O)cc1F. The lowest BCUT2D eigenvalue weighted by Crippen LogP contribution is -2.47. The molecule has 9 heteroatoms. The molecule has 1 N–H and O–H groups in total. The molecule has 1 amide bonds. The molecular formula is C22H23F2NO5S. The molecule has 0 fully saturated rings. The molecule has 0 spiro atoms. The zero-order chi connectivity index (χ0) is 23.1. The van der Waals surface area contributed by atoms with Crippen LogP contribution >= 0.6 is 0 Å². The summed E-state index contributed by atoms with van der Waals surface area (Å²) in [4.78, 5) is 26.1. The monoisotopic (exact) mass is 451 g/mol. The van der Waals surface area contributed by atoms with Crippen LogP contribution in [0.25, 0.3) is 11.1 Å². The molecule has 0 bridgehead atoms. The minimum Gasteiger partial charge on any atom is -0.389 e. The number of Topliss-reactive ketones (excluding diaryl/α,β-unsaturated/α-hetero) is 1. The Bertz CT molecular complexity index is 1180. The van der Waals surface area contributed by atoms with Gasteiger partial charge in [-0.05, 0) is 43.5 Å². The van der Waals surface area contributed by atoms with Gasteiger partial charge < -0.3 is 10.0 Å². The Labute approximate surface area is 179 Å². The van der Waals surface area contributed by atoms with Gasteiger partial charge >= 0.3 is 0 Å². The molecule has 2 aromatic rings. The second kappa shape index (κ2) is 8.12. The van der Waals surface area contributed by atoms with Crippen LogP contribution < -0.4 is 0 Å². The van der Waals surface area contributed by atoms with Crippen molar-refractivity contribution in [2.75, 3.05) is 19.4 Å². The van der Waals surface area contributed by atoms with E-state index in [4.69, 9.17) is 5.11 Å². The fourth-order valence-corrected chi connectivity index (χ4v) is 4.56. The summed E-state index contributed by atoms with van der Waals surface area (Å²) in [5.41, 5.74) is 1.20. The largest absolute Gasteiger partial charge is 0.389 e. The summed E-state index contributed by atoms with van der Waals surface area (Å²) in [6, 6.07) is 7.24. The number of fused-ring (bicyclic) bond motifs is 1. The third kappa shape index (κ3) is 3.99. The first kappa shape index (κ1) is 23.0. The first-order valence-electron chi connectivity index (χ1n) is 9.61. The van der Waals surface area contributed by atoms with Crippen molar-refractivity contribution >= 4 is 21.5 Å². The van der Waals surface area contributed by atoms with Crippen molar-refractivity contribution in [3.05, 3.63) is 58.7 Å². The van der Waals surface area contributed by atoms with E-state index >= 15 is 4.39 Å². The third-order valence-corrected chi connectivity index (χ3v) is 8.07. The fourth-order valence-electron chi connectivity index (χ4n) is 3.62. The summed E-state index contributed by atoms with van der Waals surface area (Å²) in [7, 11) is -3.87. The van der Waals surface area contributed by atoms with Crippen LogP contribution in [0, 0.1) is 18.6 Å². The fraction of sp³-hybridized carbons (Fsp3) is 0.364. The Morgan fingerprint density at radius 3 is 2.42 bits per heavy atom. The highest BCUT2D eigenvalue weighted by Gasteiger charge is 2.43. The first-order valence-corrected chi connectivity index (χ1v) is 11.5. The second-order valence-electron chi connectivity index (χ2n) is 7.98. The lowest BCUT2D eigenvalue weighted by atomic mass is 9.98. The molecule has 166 valence electrons. The molecule has 1 aliphatic rings.